The Bertz CT molecular complexity index is 1560. The maximum atomic E-state index is 13.5. The number of thioether (sulfide) groups is 1. The van der Waals surface area contributed by atoms with E-state index >= 15 is 0 Å². The first-order valence-corrected chi connectivity index (χ1v) is 13.5. The first kappa shape index (κ1) is 28.0. The summed E-state index contributed by atoms with van der Waals surface area (Å²) in [4.78, 5) is 29.1. The monoisotopic (exact) mass is 589 g/mol. The summed E-state index contributed by atoms with van der Waals surface area (Å²) in [6.07, 6.45) is 0.528. The topological polar surface area (TPSA) is 90.7 Å². The van der Waals surface area contributed by atoms with Gasteiger partial charge >= 0.3 is 6.18 Å². The van der Waals surface area contributed by atoms with Crippen LogP contribution in [0.5, 0.6) is 0 Å². The van der Waals surface area contributed by atoms with Gasteiger partial charge in [0.1, 0.15) is 6.11 Å². The molecule has 0 bridgehead atoms. The molecule has 2 saturated heterocycles. The van der Waals surface area contributed by atoms with E-state index in [1.165, 1.54) is 21.7 Å². The van der Waals surface area contributed by atoms with Crippen LogP contribution in [0.25, 0.3) is 17.0 Å². The number of aliphatic hydroxyl groups excluding tert-OH is 1. The van der Waals surface area contributed by atoms with E-state index in [1.54, 1.807) is 30.5 Å². The van der Waals surface area contributed by atoms with E-state index in [1.807, 2.05) is 6.11 Å². The van der Waals surface area contributed by atoms with Gasteiger partial charge in [-0.15, -0.1) is 0 Å². The molecule has 208 valence electrons. The Morgan fingerprint density at radius 2 is 2.02 bits per heavy atom. The summed E-state index contributed by atoms with van der Waals surface area (Å²) in [5, 5.41) is 16.6. The molecule has 5 rings (SSSR count). The summed E-state index contributed by atoms with van der Waals surface area (Å²) in [7, 11) is 0. The molecule has 0 radical (unpaired) electrons. The Morgan fingerprint density at radius 1 is 1.20 bits per heavy atom. The van der Waals surface area contributed by atoms with Crippen molar-refractivity contribution in [2.24, 2.45) is 0 Å². The molecule has 1 aromatic heterocycles. The van der Waals surface area contributed by atoms with Gasteiger partial charge in [-0.3, -0.25) is 24.1 Å². The zero-order valence-electron chi connectivity index (χ0n) is 20.9. The van der Waals surface area contributed by atoms with Crippen LogP contribution in [-0.2, 0) is 17.5 Å². The fourth-order valence-electron chi connectivity index (χ4n) is 4.71. The molecule has 2 aromatic carbocycles. The maximum Gasteiger partial charge on any atom is 0.416 e. The molecule has 40 heavy (non-hydrogen) atoms. The van der Waals surface area contributed by atoms with Crippen LogP contribution in [0.15, 0.2) is 47.5 Å². The molecule has 2 N–H and O–H groups in total. The summed E-state index contributed by atoms with van der Waals surface area (Å²) < 4.78 is 42.0. The second-order valence-electron chi connectivity index (χ2n) is 9.32. The van der Waals surface area contributed by atoms with Crippen molar-refractivity contribution in [3.8, 4) is 12.0 Å². The number of fused-ring (bicyclic) bond motifs is 1. The molecule has 8 nitrogen and oxygen atoms in total. The van der Waals surface area contributed by atoms with Gasteiger partial charge in [-0.1, -0.05) is 23.7 Å². The number of benzene rings is 2. The first-order valence-electron chi connectivity index (χ1n) is 12.3. The van der Waals surface area contributed by atoms with E-state index in [0.29, 0.717) is 36.1 Å². The average molecular weight is 590 g/mol. The number of halogens is 4. The third-order valence-electron chi connectivity index (χ3n) is 6.67. The van der Waals surface area contributed by atoms with E-state index in [0.717, 1.165) is 24.4 Å². The lowest BCUT2D eigenvalue weighted by molar-refractivity contribution is -0.138. The molecule has 1 unspecified atom stereocenters. The molecule has 1 atom stereocenters. The molecule has 3 heterocycles. The van der Waals surface area contributed by atoms with Crippen LogP contribution in [0, 0.1) is 12.0 Å². The van der Waals surface area contributed by atoms with Gasteiger partial charge in [-0.25, -0.2) is 0 Å². The number of nitrogens with one attached hydrogen (secondary N) is 1. The van der Waals surface area contributed by atoms with Crippen molar-refractivity contribution in [3.63, 3.8) is 0 Å². The molecule has 2 amide bonds. The van der Waals surface area contributed by atoms with Gasteiger partial charge in [0.15, 0.2) is 0 Å². The third kappa shape index (κ3) is 6.13. The highest BCUT2D eigenvalue weighted by atomic mass is 35.5. The number of carbonyl (C=O) groups excluding carboxylic acids is 2. The predicted octanol–water partition coefficient (Wildman–Crippen LogP) is 4.40. The third-order valence-corrected chi connectivity index (χ3v) is 7.82. The van der Waals surface area contributed by atoms with Crippen molar-refractivity contribution in [2.45, 2.75) is 18.8 Å². The van der Waals surface area contributed by atoms with Crippen LogP contribution in [0.4, 0.5) is 18.0 Å². The number of imide groups is 1. The molecule has 2 aliphatic heterocycles. The average Bonchev–Trinajstić information content (AvgIpc) is 3.42. The highest BCUT2D eigenvalue weighted by Gasteiger charge is 2.36. The van der Waals surface area contributed by atoms with E-state index in [9.17, 15) is 22.8 Å². The minimum absolute atomic E-state index is 0.000729. The number of hydrogen-bond donors (Lipinski definition) is 2. The van der Waals surface area contributed by atoms with Crippen LogP contribution in [0.1, 0.15) is 16.7 Å². The van der Waals surface area contributed by atoms with Crippen molar-refractivity contribution in [1.29, 1.82) is 0 Å². The number of amides is 2. The van der Waals surface area contributed by atoms with Gasteiger partial charge in [0.25, 0.3) is 11.1 Å². The van der Waals surface area contributed by atoms with Gasteiger partial charge < -0.3 is 10.4 Å². The van der Waals surface area contributed by atoms with Crippen LogP contribution >= 0.6 is 23.4 Å². The second-order valence-corrected chi connectivity index (χ2v) is 10.7. The number of piperazine rings is 1. The quantitative estimate of drug-likeness (QED) is 0.325. The van der Waals surface area contributed by atoms with E-state index in [2.05, 4.69) is 21.2 Å². The van der Waals surface area contributed by atoms with Crippen molar-refractivity contribution in [2.75, 3.05) is 32.7 Å². The highest BCUT2D eigenvalue weighted by Crippen LogP contribution is 2.35. The van der Waals surface area contributed by atoms with Crippen molar-refractivity contribution in [1.82, 2.24) is 24.9 Å². The number of rotatable bonds is 6. The molecule has 2 fully saturated rings. The smallest absolute Gasteiger partial charge is 0.416 e. The number of alkyl halides is 3. The zero-order chi connectivity index (χ0) is 28.4. The summed E-state index contributed by atoms with van der Waals surface area (Å²) in [6.45, 7) is 2.61. The molecule has 0 saturated carbocycles. The molecule has 2 aliphatic rings. The predicted molar refractivity (Wildman–Crippen MR) is 146 cm³/mol. The van der Waals surface area contributed by atoms with E-state index < -0.39 is 11.7 Å². The fraction of sp³-hybridized carbons (Fsp3) is 0.296. The van der Waals surface area contributed by atoms with Gasteiger partial charge in [0.05, 0.1) is 34.8 Å². The minimum atomic E-state index is -4.55. The largest absolute Gasteiger partial charge is 0.462 e. The maximum absolute atomic E-state index is 13.5. The summed E-state index contributed by atoms with van der Waals surface area (Å²) in [6, 6.07) is 8.69. The zero-order valence-corrected chi connectivity index (χ0v) is 22.5. The SMILES string of the molecule is O=C1S/C(=C\c2ccc3c(cnn3Cc3ccc(Cl)cc3C(F)(F)F)c2)C(=O)N1CCN1CCNC(C#CO)C1. The van der Waals surface area contributed by atoms with Crippen LogP contribution in [0.2, 0.25) is 5.02 Å². The molecular formula is C27H23ClF3N5O3S. The Hall–Kier alpha value is -3.50. The number of aromatic nitrogens is 2. The first-order chi connectivity index (χ1) is 19.1. The van der Waals surface area contributed by atoms with E-state index in [-0.39, 0.29) is 45.8 Å². The minimum Gasteiger partial charge on any atom is -0.462 e. The molecule has 3 aromatic rings. The number of carbonyl (C=O) groups is 2. The second kappa shape index (κ2) is 11.5. The highest BCUT2D eigenvalue weighted by molar-refractivity contribution is 8.18. The summed E-state index contributed by atoms with van der Waals surface area (Å²) in [5.41, 5.74) is 0.505. The van der Waals surface area contributed by atoms with Crippen LogP contribution < -0.4 is 5.32 Å². The normalized spacial score (nSPS) is 19.4. The van der Waals surface area contributed by atoms with E-state index in [4.69, 9.17) is 16.7 Å². The Labute approximate surface area is 236 Å². The summed E-state index contributed by atoms with van der Waals surface area (Å²) in [5.74, 6) is 2.29. The summed E-state index contributed by atoms with van der Waals surface area (Å²) >= 11 is 6.65. The van der Waals surface area contributed by atoms with Crippen LogP contribution in [0.3, 0.4) is 0 Å². The van der Waals surface area contributed by atoms with Crippen molar-refractivity contribution < 1.29 is 27.9 Å². The van der Waals surface area contributed by atoms with Gasteiger partial charge in [0, 0.05) is 43.1 Å². The Balaban J connectivity index is 1.29. The number of hydrogen-bond acceptors (Lipinski definition) is 7. The van der Waals surface area contributed by atoms with Crippen molar-refractivity contribution in [3.05, 3.63) is 69.2 Å². The van der Waals surface area contributed by atoms with Crippen molar-refractivity contribution >= 4 is 51.5 Å². The number of aliphatic hydroxyl groups is 1. The molecule has 13 heteroatoms. The fourth-order valence-corrected chi connectivity index (χ4v) is 5.74. The lowest BCUT2D eigenvalue weighted by atomic mass is 10.1. The molecule has 0 spiro atoms. The number of nitrogens with zero attached hydrogens (tertiary/aromatic N) is 4. The Morgan fingerprint density at radius 3 is 2.80 bits per heavy atom. The van der Waals surface area contributed by atoms with Gasteiger partial charge in [-0.2, -0.15) is 18.3 Å². The standard InChI is InChI=1S/C27H23ClF3N5O3S/c28-20-3-2-18(22(13-20)27(29,30)31)15-36-23-4-1-17(11-19(23)14-33-36)12-24-25(38)35(26(39)40-24)9-8-34-7-6-32-21(16-34)5-10-37/h1-4,11-14,21,32,37H,6-9,15-16H2/b24-12-. The van der Waals surface area contributed by atoms with Gasteiger partial charge in [0.2, 0.25) is 0 Å². The lowest BCUT2D eigenvalue weighted by Crippen LogP contribution is -2.51. The van der Waals surface area contributed by atoms with Crippen LogP contribution in [-0.4, -0.2) is 74.6 Å². The lowest BCUT2D eigenvalue weighted by Gasteiger charge is -2.31. The molecular weight excluding hydrogens is 567 g/mol. The molecule has 0 aliphatic carbocycles. The Kier molecular flexibility index (Phi) is 8.09. The van der Waals surface area contributed by atoms with Gasteiger partial charge in [-0.05, 0) is 59.2 Å².